The maximum absolute atomic E-state index is 3.69. The largest absolute Gasteiger partial charge is 0.309 e. The van der Waals surface area contributed by atoms with Crippen LogP contribution in [0.4, 0.5) is 0 Å². The fraction of sp³-hybridized carbons (Fsp3) is 0.684. The van der Waals surface area contributed by atoms with Gasteiger partial charge in [0.1, 0.15) is 0 Å². The Balaban J connectivity index is 1.86. The second-order valence-corrected chi connectivity index (χ2v) is 7.59. The molecule has 21 heavy (non-hydrogen) atoms. The summed E-state index contributed by atoms with van der Waals surface area (Å²) in [6, 6.07) is 10.2. The van der Waals surface area contributed by atoms with Crippen molar-refractivity contribution in [3.8, 4) is 0 Å². The Morgan fingerprint density at radius 2 is 1.62 bits per heavy atom. The lowest BCUT2D eigenvalue weighted by Crippen LogP contribution is -2.39. The van der Waals surface area contributed by atoms with E-state index in [4.69, 9.17) is 0 Å². The van der Waals surface area contributed by atoms with Gasteiger partial charge in [-0.25, -0.2) is 0 Å². The molecule has 0 aliphatic carbocycles. The van der Waals surface area contributed by atoms with Crippen molar-refractivity contribution in [2.24, 2.45) is 0 Å². The predicted octanol–water partition coefficient (Wildman–Crippen LogP) is 4.12. The zero-order chi connectivity index (χ0) is 15.5. The minimum atomic E-state index is 0.236. The highest BCUT2D eigenvalue weighted by Gasteiger charge is 2.18. The third-order valence-electron chi connectivity index (χ3n) is 4.76. The van der Waals surface area contributed by atoms with Gasteiger partial charge in [-0.3, -0.25) is 4.90 Å². The smallest absolute Gasteiger partial charge is 0.0292 e. The lowest BCUT2D eigenvalue weighted by Gasteiger charge is -2.26. The van der Waals surface area contributed by atoms with E-state index in [2.05, 4.69) is 69.1 Å². The molecule has 1 aromatic carbocycles. The van der Waals surface area contributed by atoms with Gasteiger partial charge in [-0.15, -0.1) is 0 Å². The first kappa shape index (κ1) is 16.5. The van der Waals surface area contributed by atoms with Crippen LogP contribution < -0.4 is 5.32 Å². The molecule has 2 heteroatoms. The second-order valence-electron chi connectivity index (χ2n) is 7.59. The van der Waals surface area contributed by atoms with Crippen molar-refractivity contribution in [2.75, 3.05) is 19.6 Å². The lowest BCUT2D eigenvalue weighted by molar-refractivity contribution is 0.247. The Morgan fingerprint density at radius 1 is 1.05 bits per heavy atom. The fourth-order valence-corrected chi connectivity index (χ4v) is 3.05. The molecule has 1 aliphatic heterocycles. The van der Waals surface area contributed by atoms with Gasteiger partial charge in [-0.1, -0.05) is 45.0 Å². The van der Waals surface area contributed by atoms with Gasteiger partial charge in [0.15, 0.2) is 0 Å². The number of nitrogens with one attached hydrogen (secondary N) is 1. The van der Waals surface area contributed by atoms with Crippen LogP contribution in [0.15, 0.2) is 24.3 Å². The van der Waals surface area contributed by atoms with E-state index in [1.807, 2.05) is 0 Å². The van der Waals surface area contributed by atoms with Crippen LogP contribution in [0.3, 0.4) is 0 Å². The van der Waals surface area contributed by atoms with Gasteiger partial charge < -0.3 is 5.32 Å². The first-order chi connectivity index (χ1) is 9.88. The van der Waals surface area contributed by atoms with Gasteiger partial charge in [0, 0.05) is 18.6 Å². The summed E-state index contributed by atoms with van der Waals surface area (Å²) >= 11 is 0. The first-order valence-electron chi connectivity index (χ1n) is 8.46. The molecular formula is C19H32N2. The third kappa shape index (κ3) is 4.55. The Kier molecular flexibility index (Phi) is 5.45. The molecule has 1 aromatic rings. The van der Waals surface area contributed by atoms with E-state index in [1.54, 1.807) is 0 Å². The molecule has 1 fully saturated rings. The average Bonchev–Trinajstić information content (AvgIpc) is 2.98. The molecule has 1 heterocycles. The molecule has 0 saturated carbocycles. The normalized spacial score (nSPS) is 19.7. The highest BCUT2D eigenvalue weighted by molar-refractivity contribution is 5.29. The minimum Gasteiger partial charge on any atom is -0.309 e. The summed E-state index contributed by atoms with van der Waals surface area (Å²) in [5.74, 6) is 0. The number of likely N-dealkylation sites (tertiary alicyclic amines) is 1. The molecule has 0 aromatic heterocycles. The Morgan fingerprint density at radius 3 is 2.14 bits per heavy atom. The van der Waals surface area contributed by atoms with Crippen molar-refractivity contribution in [1.29, 1.82) is 0 Å². The van der Waals surface area contributed by atoms with Crippen molar-refractivity contribution in [2.45, 2.75) is 65.0 Å². The Hall–Kier alpha value is -0.860. The minimum absolute atomic E-state index is 0.236. The number of hydrogen-bond acceptors (Lipinski definition) is 2. The number of nitrogens with zero attached hydrogens (tertiary/aromatic N) is 1. The van der Waals surface area contributed by atoms with E-state index in [0.717, 1.165) is 6.54 Å². The molecule has 0 amide bonds. The van der Waals surface area contributed by atoms with Crippen LogP contribution >= 0.6 is 0 Å². The van der Waals surface area contributed by atoms with E-state index in [1.165, 1.54) is 37.1 Å². The molecule has 118 valence electrons. The van der Waals surface area contributed by atoms with Crippen LogP contribution in [0.1, 0.15) is 64.6 Å². The first-order valence-corrected chi connectivity index (χ1v) is 8.46. The SMILES string of the molecule is CC(NCC(C)N1CCCC1)c1ccc(C(C)(C)C)cc1. The summed E-state index contributed by atoms with van der Waals surface area (Å²) in [4.78, 5) is 2.60. The summed E-state index contributed by atoms with van der Waals surface area (Å²) in [5.41, 5.74) is 3.03. The van der Waals surface area contributed by atoms with Gasteiger partial charge in [0.2, 0.25) is 0 Å². The Labute approximate surface area is 130 Å². The van der Waals surface area contributed by atoms with Crippen molar-refractivity contribution >= 4 is 0 Å². The van der Waals surface area contributed by atoms with Crippen LogP contribution in [-0.2, 0) is 5.41 Å². The lowest BCUT2D eigenvalue weighted by atomic mass is 9.86. The molecule has 1 saturated heterocycles. The molecule has 2 atom stereocenters. The van der Waals surface area contributed by atoms with Crippen LogP contribution in [0.2, 0.25) is 0 Å². The van der Waals surface area contributed by atoms with Crippen LogP contribution in [0.5, 0.6) is 0 Å². The highest BCUT2D eigenvalue weighted by Crippen LogP contribution is 2.24. The van der Waals surface area contributed by atoms with Gasteiger partial charge >= 0.3 is 0 Å². The van der Waals surface area contributed by atoms with Crippen molar-refractivity contribution in [3.05, 3.63) is 35.4 Å². The van der Waals surface area contributed by atoms with Crippen LogP contribution in [0.25, 0.3) is 0 Å². The number of hydrogen-bond donors (Lipinski definition) is 1. The number of benzene rings is 1. The molecule has 0 bridgehead atoms. The molecule has 2 unspecified atom stereocenters. The van der Waals surface area contributed by atoms with Crippen molar-refractivity contribution in [1.82, 2.24) is 10.2 Å². The van der Waals surface area contributed by atoms with Gasteiger partial charge in [0.25, 0.3) is 0 Å². The van der Waals surface area contributed by atoms with E-state index in [9.17, 15) is 0 Å². The maximum atomic E-state index is 3.69. The molecule has 2 nitrogen and oxygen atoms in total. The highest BCUT2D eigenvalue weighted by atomic mass is 15.2. The maximum Gasteiger partial charge on any atom is 0.0292 e. The Bertz CT molecular complexity index is 424. The summed E-state index contributed by atoms with van der Waals surface area (Å²) in [6.45, 7) is 15.0. The summed E-state index contributed by atoms with van der Waals surface area (Å²) in [7, 11) is 0. The molecule has 1 aliphatic rings. The molecular weight excluding hydrogens is 256 g/mol. The molecule has 2 rings (SSSR count). The average molecular weight is 288 g/mol. The summed E-state index contributed by atoms with van der Waals surface area (Å²) in [5, 5.41) is 3.69. The molecule has 0 radical (unpaired) electrons. The predicted molar refractivity (Wildman–Crippen MR) is 91.8 cm³/mol. The van der Waals surface area contributed by atoms with Crippen molar-refractivity contribution in [3.63, 3.8) is 0 Å². The van der Waals surface area contributed by atoms with E-state index >= 15 is 0 Å². The zero-order valence-electron chi connectivity index (χ0n) is 14.4. The standard InChI is InChI=1S/C19H32N2/c1-15(21-12-6-7-13-21)14-20-16(2)17-8-10-18(11-9-17)19(3,4)5/h8-11,15-16,20H,6-7,12-14H2,1-5H3. The van der Waals surface area contributed by atoms with Gasteiger partial charge in [-0.2, -0.15) is 0 Å². The third-order valence-corrected chi connectivity index (χ3v) is 4.76. The monoisotopic (exact) mass is 288 g/mol. The van der Waals surface area contributed by atoms with E-state index in [0.29, 0.717) is 12.1 Å². The second kappa shape index (κ2) is 6.93. The topological polar surface area (TPSA) is 15.3 Å². The zero-order valence-corrected chi connectivity index (χ0v) is 14.4. The van der Waals surface area contributed by atoms with Gasteiger partial charge in [-0.05, 0) is 56.3 Å². The van der Waals surface area contributed by atoms with E-state index < -0.39 is 0 Å². The number of rotatable bonds is 5. The fourth-order valence-electron chi connectivity index (χ4n) is 3.05. The van der Waals surface area contributed by atoms with Gasteiger partial charge in [0.05, 0.1) is 0 Å². The summed E-state index contributed by atoms with van der Waals surface area (Å²) < 4.78 is 0. The quantitative estimate of drug-likeness (QED) is 0.877. The molecule has 0 spiro atoms. The van der Waals surface area contributed by atoms with Crippen molar-refractivity contribution < 1.29 is 0 Å². The molecule has 1 N–H and O–H groups in total. The van der Waals surface area contributed by atoms with E-state index in [-0.39, 0.29) is 5.41 Å². The van der Waals surface area contributed by atoms with Crippen LogP contribution in [-0.4, -0.2) is 30.6 Å². The van der Waals surface area contributed by atoms with Crippen LogP contribution in [0, 0.1) is 0 Å². The summed E-state index contributed by atoms with van der Waals surface area (Å²) in [6.07, 6.45) is 2.74.